The van der Waals surface area contributed by atoms with E-state index in [1.165, 1.54) is 11.6 Å². The monoisotopic (exact) mass is 271 g/mol. The summed E-state index contributed by atoms with van der Waals surface area (Å²) in [4.78, 5) is 0. The molecule has 2 aromatic carbocycles. The second-order valence-electron chi connectivity index (χ2n) is 5.06. The first-order valence-electron chi connectivity index (χ1n) is 7.26. The van der Waals surface area contributed by atoms with Crippen LogP contribution in [-0.2, 0) is 0 Å². The Labute approximate surface area is 120 Å². The standard InChI is InChI=1S/C18H22FN/c1-4-18(20-5-2)15-9-6-8-14(12-15)16-10-7-11-17(19)13(16)3/h6-12,18,20H,4-5H2,1-3H3. The molecule has 0 radical (unpaired) electrons. The molecule has 2 aromatic rings. The van der Waals surface area contributed by atoms with E-state index in [1.54, 1.807) is 6.07 Å². The van der Waals surface area contributed by atoms with Crippen LogP contribution in [0.25, 0.3) is 11.1 Å². The van der Waals surface area contributed by atoms with Crippen molar-refractivity contribution in [2.24, 2.45) is 0 Å². The molecule has 0 aliphatic carbocycles. The maximum Gasteiger partial charge on any atom is 0.126 e. The van der Waals surface area contributed by atoms with E-state index in [4.69, 9.17) is 0 Å². The molecule has 0 aliphatic rings. The first-order chi connectivity index (χ1) is 9.67. The summed E-state index contributed by atoms with van der Waals surface area (Å²) in [6.07, 6.45) is 1.04. The van der Waals surface area contributed by atoms with Crippen LogP contribution in [-0.4, -0.2) is 6.54 Å². The summed E-state index contributed by atoms with van der Waals surface area (Å²) in [5.74, 6) is -0.147. The van der Waals surface area contributed by atoms with Crippen molar-refractivity contribution < 1.29 is 4.39 Å². The molecule has 20 heavy (non-hydrogen) atoms. The number of hydrogen-bond acceptors (Lipinski definition) is 1. The van der Waals surface area contributed by atoms with Gasteiger partial charge in [0.1, 0.15) is 5.82 Å². The van der Waals surface area contributed by atoms with Crippen molar-refractivity contribution in [2.45, 2.75) is 33.2 Å². The molecule has 0 fully saturated rings. The molecule has 0 spiro atoms. The number of nitrogens with one attached hydrogen (secondary N) is 1. The Hall–Kier alpha value is -1.67. The van der Waals surface area contributed by atoms with E-state index in [-0.39, 0.29) is 5.82 Å². The molecule has 1 unspecified atom stereocenters. The first kappa shape index (κ1) is 14.7. The minimum atomic E-state index is -0.147. The van der Waals surface area contributed by atoms with Crippen molar-refractivity contribution in [3.8, 4) is 11.1 Å². The van der Waals surface area contributed by atoms with Gasteiger partial charge in [-0.3, -0.25) is 0 Å². The van der Waals surface area contributed by atoms with Crippen LogP contribution in [0.2, 0.25) is 0 Å². The van der Waals surface area contributed by atoms with Crippen LogP contribution in [0, 0.1) is 12.7 Å². The van der Waals surface area contributed by atoms with Gasteiger partial charge in [-0.15, -0.1) is 0 Å². The summed E-state index contributed by atoms with van der Waals surface area (Å²) in [7, 11) is 0. The smallest absolute Gasteiger partial charge is 0.126 e. The molecular weight excluding hydrogens is 249 g/mol. The highest BCUT2D eigenvalue weighted by atomic mass is 19.1. The molecule has 0 saturated heterocycles. The lowest BCUT2D eigenvalue weighted by Gasteiger charge is -2.17. The Bertz CT molecular complexity index is 577. The van der Waals surface area contributed by atoms with Gasteiger partial charge >= 0.3 is 0 Å². The molecule has 0 aromatic heterocycles. The van der Waals surface area contributed by atoms with Gasteiger partial charge in [0.15, 0.2) is 0 Å². The van der Waals surface area contributed by atoms with Crippen molar-refractivity contribution in [2.75, 3.05) is 6.54 Å². The molecule has 0 bridgehead atoms. The van der Waals surface area contributed by atoms with Crippen LogP contribution in [0.15, 0.2) is 42.5 Å². The number of hydrogen-bond donors (Lipinski definition) is 1. The molecule has 2 heteroatoms. The fraction of sp³-hybridized carbons (Fsp3) is 0.333. The SMILES string of the molecule is CCNC(CC)c1cccc(-c2cccc(F)c2C)c1. The van der Waals surface area contributed by atoms with Gasteiger partial charge in [0, 0.05) is 6.04 Å². The fourth-order valence-electron chi connectivity index (χ4n) is 2.59. The summed E-state index contributed by atoms with van der Waals surface area (Å²) in [5.41, 5.74) is 4.02. The van der Waals surface area contributed by atoms with Gasteiger partial charge in [-0.2, -0.15) is 0 Å². The molecule has 1 nitrogen and oxygen atoms in total. The van der Waals surface area contributed by atoms with E-state index in [2.05, 4.69) is 37.4 Å². The molecule has 0 heterocycles. The van der Waals surface area contributed by atoms with Crippen molar-refractivity contribution in [3.05, 3.63) is 59.4 Å². The van der Waals surface area contributed by atoms with Crippen LogP contribution in [0.5, 0.6) is 0 Å². The van der Waals surface area contributed by atoms with Crippen LogP contribution >= 0.6 is 0 Å². The molecule has 2 rings (SSSR count). The summed E-state index contributed by atoms with van der Waals surface area (Å²) < 4.78 is 13.7. The van der Waals surface area contributed by atoms with E-state index in [0.29, 0.717) is 11.6 Å². The number of halogens is 1. The molecule has 1 atom stereocenters. The van der Waals surface area contributed by atoms with Crippen LogP contribution < -0.4 is 5.32 Å². The highest BCUT2D eigenvalue weighted by Crippen LogP contribution is 2.28. The summed E-state index contributed by atoms with van der Waals surface area (Å²) in [6.45, 7) is 7.07. The maximum atomic E-state index is 13.7. The zero-order chi connectivity index (χ0) is 14.5. The topological polar surface area (TPSA) is 12.0 Å². The molecule has 0 amide bonds. The van der Waals surface area contributed by atoms with E-state index in [9.17, 15) is 4.39 Å². The van der Waals surface area contributed by atoms with Crippen molar-refractivity contribution in [1.82, 2.24) is 5.32 Å². The fourth-order valence-corrected chi connectivity index (χ4v) is 2.59. The molecule has 0 aliphatic heterocycles. The highest BCUT2D eigenvalue weighted by Gasteiger charge is 2.10. The minimum absolute atomic E-state index is 0.147. The van der Waals surface area contributed by atoms with E-state index in [0.717, 1.165) is 24.1 Å². The number of benzene rings is 2. The van der Waals surface area contributed by atoms with Gasteiger partial charge in [0.25, 0.3) is 0 Å². The second-order valence-corrected chi connectivity index (χ2v) is 5.06. The molecular formula is C18H22FN. The van der Waals surface area contributed by atoms with Gasteiger partial charge < -0.3 is 5.32 Å². The normalized spacial score (nSPS) is 12.4. The van der Waals surface area contributed by atoms with E-state index in [1.807, 2.05) is 19.1 Å². The Morgan fingerprint density at radius 1 is 1.10 bits per heavy atom. The minimum Gasteiger partial charge on any atom is -0.310 e. The van der Waals surface area contributed by atoms with E-state index < -0.39 is 0 Å². The van der Waals surface area contributed by atoms with Gasteiger partial charge in [-0.1, -0.05) is 44.2 Å². The third-order valence-corrected chi connectivity index (χ3v) is 3.73. The zero-order valence-corrected chi connectivity index (χ0v) is 12.4. The van der Waals surface area contributed by atoms with Crippen molar-refractivity contribution in [1.29, 1.82) is 0 Å². The Morgan fingerprint density at radius 2 is 1.85 bits per heavy atom. The van der Waals surface area contributed by atoms with Gasteiger partial charge in [0.2, 0.25) is 0 Å². The van der Waals surface area contributed by atoms with Crippen molar-refractivity contribution in [3.63, 3.8) is 0 Å². The Balaban J connectivity index is 2.41. The highest BCUT2D eigenvalue weighted by molar-refractivity contribution is 5.68. The van der Waals surface area contributed by atoms with Gasteiger partial charge in [-0.05, 0) is 54.3 Å². The lowest BCUT2D eigenvalue weighted by molar-refractivity contribution is 0.537. The second kappa shape index (κ2) is 6.67. The van der Waals surface area contributed by atoms with Crippen LogP contribution in [0.1, 0.15) is 37.4 Å². The van der Waals surface area contributed by atoms with Crippen LogP contribution in [0.3, 0.4) is 0 Å². The lowest BCUT2D eigenvalue weighted by atomic mass is 9.95. The number of rotatable bonds is 5. The summed E-state index contributed by atoms with van der Waals surface area (Å²) >= 11 is 0. The largest absolute Gasteiger partial charge is 0.310 e. The Kier molecular flexibility index (Phi) is 4.91. The van der Waals surface area contributed by atoms with Gasteiger partial charge in [-0.25, -0.2) is 4.39 Å². The Morgan fingerprint density at radius 3 is 2.55 bits per heavy atom. The molecule has 0 saturated carbocycles. The average molecular weight is 271 g/mol. The summed E-state index contributed by atoms with van der Waals surface area (Å²) in [6, 6.07) is 14.0. The summed E-state index contributed by atoms with van der Waals surface area (Å²) in [5, 5.41) is 3.48. The average Bonchev–Trinajstić information content (AvgIpc) is 2.47. The third kappa shape index (κ3) is 3.07. The molecule has 1 N–H and O–H groups in total. The lowest BCUT2D eigenvalue weighted by Crippen LogP contribution is -2.19. The van der Waals surface area contributed by atoms with Gasteiger partial charge in [0.05, 0.1) is 0 Å². The van der Waals surface area contributed by atoms with E-state index >= 15 is 0 Å². The predicted molar refractivity (Wildman–Crippen MR) is 83.3 cm³/mol. The third-order valence-electron chi connectivity index (χ3n) is 3.73. The van der Waals surface area contributed by atoms with Crippen molar-refractivity contribution >= 4 is 0 Å². The molecule has 106 valence electrons. The zero-order valence-electron chi connectivity index (χ0n) is 12.4. The maximum absolute atomic E-state index is 13.7. The predicted octanol–water partition coefficient (Wildman–Crippen LogP) is 4.86. The first-order valence-corrected chi connectivity index (χ1v) is 7.26. The quantitative estimate of drug-likeness (QED) is 0.818. The van der Waals surface area contributed by atoms with Crippen LogP contribution in [0.4, 0.5) is 4.39 Å².